The Hall–Kier alpha value is -1.95. The molecule has 0 amide bonds. The maximum Gasteiger partial charge on any atom is 0.337 e. The molecule has 0 saturated heterocycles. The Morgan fingerprint density at radius 2 is 1.79 bits per heavy atom. The van der Waals surface area contributed by atoms with Gasteiger partial charge in [0, 0.05) is 22.3 Å². The number of aromatic carboxylic acids is 1. The van der Waals surface area contributed by atoms with Gasteiger partial charge in [-0.1, -0.05) is 41.4 Å². The lowest BCUT2D eigenvalue weighted by Crippen LogP contribution is -2.20. The van der Waals surface area contributed by atoms with Crippen LogP contribution in [0.5, 0.6) is 0 Å². The number of halogens is 3. The van der Waals surface area contributed by atoms with Crippen molar-refractivity contribution < 1.29 is 9.90 Å². The van der Waals surface area contributed by atoms with Crippen LogP contribution in [0, 0.1) is 6.92 Å². The summed E-state index contributed by atoms with van der Waals surface area (Å²) < 4.78 is 2.65. The third-order valence-corrected chi connectivity index (χ3v) is 5.75. The topological polar surface area (TPSA) is 54.3 Å². The van der Waals surface area contributed by atoms with Gasteiger partial charge in [-0.25, -0.2) is 4.79 Å². The molecule has 3 aromatic rings. The minimum absolute atomic E-state index is 0.237. The quantitative estimate of drug-likeness (QED) is 0.407. The zero-order valence-corrected chi connectivity index (χ0v) is 18.4. The maximum absolute atomic E-state index is 12.0. The molecule has 3 rings (SSSR count). The Kier molecular flexibility index (Phi) is 6.38. The molecule has 0 radical (unpaired) electrons. The highest BCUT2D eigenvalue weighted by atomic mass is 79.9. The summed E-state index contributed by atoms with van der Waals surface area (Å²) in [5.41, 5.74) is 3.63. The van der Waals surface area contributed by atoms with Crippen LogP contribution in [0.3, 0.4) is 0 Å². The van der Waals surface area contributed by atoms with Crippen LogP contribution in [-0.2, 0) is 6.54 Å². The smallest absolute Gasteiger partial charge is 0.337 e. The maximum atomic E-state index is 12.0. The van der Waals surface area contributed by atoms with E-state index in [1.54, 1.807) is 18.2 Å². The summed E-state index contributed by atoms with van der Waals surface area (Å²) in [6.07, 6.45) is 0. The number of aryl methyl sites for hydroxylation is 1. The SMILES string of the molecule is CCn1c(Br)cc(C(=O)O)c1C(Nc1cc(Cl)ccc1C)c1ccc(Cl)cc1. The zero-order chi connectivity index (χ0) is 20.4. The third-order valence-electron chi connectivity index (χ3n) is 4.61. The first-order valence-corrected chi connectivity index (χ1v) is 10.3. The fourth-order valence-electron chi connectivity index (χ4n) is 3.21. The van der Waals surface area contributed by atoms with Crippen molar-refractivity contribution in [3.8, 4) is 0 Å². The van der Waals surface area contributed by atoms with Gasteiger partial charge >= 0.3 is 5.97 Å². The highest BCUT2D eigenvalue weighted by Gasteiger charge is 2.27. The van der Waals surface area contributed by atoms with E-state index in [4.69, 9.17) is 23.2 Å². The van der Waals surface area contributed by atoms with E-state index in [2.05, 4.69) is 21.2 Å². The first kappa shape index (κ1) is 20.8. The van der Waals surface area contributed by atoms with Crippen molar-refractivity contribution in [3.63, 3.8) is 0 Å². The van der Waals surface area contributed by atoms with Crippen molar-refractivity contribution in [2.24, 2.45) is 0 Å². The average Bonchev–Trinajstić information content (AvgIpc) is 2.99. The van der Waals surface area contributed by atoms with Gasteiger partial charge in [-0.15, -0.1) is 0 Å². The second-order valence-electron chi connectivity index (χ2n) is 6.40. The number of anilines is 1. The molecule has 2 aromatic carbocycles. The van der Waals surface area contributed by atoms with Crippen molar-refractivity contribution >= 4 is 50.8 Å². The van der Waals surface area contributed by atoms with Crippen LogP contribution >= 0.6 is 39.1 Å². The number of carboxylic acids is 1. The number of hydrogen-bond acceptors (Lipinski definition) is 2. The van der Waals surface area contributed by atoms with Crippen LogP contribution in [-0.4, -0.2) is 15.6 Å². The minimum atomic E-state index is -0.980. The molecule has 1 aromatic heterocycles. The molecule has 7 heteroatoms. The lowest BCUT2D eigenvalue weighted by atomic mass is 9.99. The number of nitrogens with zero attached hydrogens (tertiary/aromatic N) is 1. The van der Waals surface area contributed by atoms with Crippen LogP contribution in [0.1, 0.15) is 40.1 Å². The molecule has 0 fully saturated rings. The third kappa shape index (κ3) is 4.22. The van der Waals surface area contributed by atoms with Gasteiger partial charge in [0.1, 0.15) is 0 Å². The van der Waals surface area contributed by atoms with Crippen molar-refractivity contribution in [2.45, 2.75) is 26.4 Å². The summed E-state index contributed by atoms with van der Waals surface area (Å²) in [4.78, 5) is 12.0. The molecule has 1 heterocycles. The van der Waals surface area contributed by atoms with Crippen LogP contribution in [0.2, 0.25) is 10.0 Å². The van der Waals surface area contributed by atoms with E-state index >= 15 is 0 Å². The summed E-state index contributed by atoms with van der Waals surface area (Å²) in [6, 6.07) is 14.2. The number of carboxylic acid groups (broad SMARTS) is 1. The number of benzene rings is 2. The van der Waals surface area contributed by atoms with Crippen molar-refractivity contribution in [2.75, 3.05) is 5.32 Å². The number of rotatable bonds is 6. The summed E-state index contributed by atoms with van der Waals surface area (Å²) in [7, 11) is 0. The molecule has 0 bridgehead atoms. The number of aromatic nitrogens is 1. The number of carbonyl (C=O) groups is 1. The van der Waals surface area contributed by atoms with Crippen LogP contribution in [0.25, 0.3) is 0 Å². The largest absolute Gasteiger partial charge is 0.478 e. The molecule has 146 valence electrons. The number of hydrogen-bond donors (Lipinski definition) is 2. The molecule has 1 unspecified atom stereocenters. The summed E-state index contributed by atoms with van der Waals surface area (Å²) in [5.74, 6) is -0.980. The van der Waals surface area contributed by atoms with Crippen LogP contribution < -0.4 is 5.32 Å². The van der Waals surface area contributed by atoms with Crippen LogP contribution in [0.15, 0.2) is 53.1 Å². The molecule has 28 heavy (non-hydrogen) atoms. The molecule has 0 aliphatic rings. The van der Waals surface area contributed by atoms with E-state index in [1.165, 1.54) is 0 Å². The molecular weight excluding hydrogens is 463 g/mol. The molecule has 1 atom stereocenters. The monoisotopic (exact) mass is 480 g/mol. The van der Waals surface area contributed by atoms with E-state index in [-0.39, 0.29) is 5.56 Å². The molecule has 4 nitrogen and oxygen atoms in total. The Morgan fingerprint density at radius 1 is 1.14 bits per heavy atom. The normalized spacial score (nSPS) is 12.0. The van der Waals surface area contributed by atoms with E-state index in [0.717, 1.165) is 16.8 Å². The second-order valence-corrected chi connectivity index (χ2v) is 8.09. The molecule has 0 aliphatic heterocycles. The van der Waals surface area contributed by atoms with Gasteiger partial charge in [-0.3, -0.25) is 0 Å². The van der Waals surface area contributed by atoms with Gasteiger partial charge in [-0.2, -0.15) is 0 Å². The highest BCUT2D eigenvalue weighted by molar-refractivity contribution is 9.10. The Morgan fingerprint density at radius 3 is 2.39 bits per heavy atom. The molecule has 0 spiro atoms. The molecule has 0 saturated carbocycles. The van der Waals surface area contributed by atoms with E-state index in [0.29, 0.717) is 26.9 Å². The first-order valence-electron chi connectivity index (χ1n) is 8.72. The van der Waals surface area contributed by atoms with Crippen LogP contribution in [0.4, 0.5) is 5.69 Å². The first-order chi connectivity index (χ1) is 13.3. The summed E-state index contributed by atoms with van der Waals surface area (Å²) in [5, 5.41) is 14.5. The Labute approximate surface area is 182 Å². The average molecular weight is 482 g/mol. The second kappa shape index (κ2) is 8.60. The molecule has 0 aliphatic carbocycles. The highest BCUT2D eigenvalue weighted by Crippen LogP contribution is 2.35. The van der Waals surface area contributed by atoms with Crippen molar-refractivity contribution in [3.05, 3.63) is 85.6 Å². The lowest BCUT2D eigenvalue weighted by Gasteiger charge is -2.25. The van der Waals surface area contributed by atoms with E-state index in [9.17, 15) is 9.90 Å². The lowest BCUT2D eigenvalue weighted by molar-refractivity contribution is 0.0695. The summed E-state index contributed by atoms with van der Waals surface area (Å²) >= 11 is 15.8. The molecule has 2 N–H and O–H groups in total. The molecular formula is C21H19BrCl2N2O2. The predicted molar refractivity (Wildman–Crippen MR) is 118 cm³/mol. The Bertz CT molecular complexity index is 1020. The standard InChI is InChI=1S/C21H19BrCl2N2O2/c1-3-26-18(22)11-16(21(27)28)20(26)19(13-5-8-14(23)9-6-13)25-17-10-15(24)7-4-12(17)2/h4-11,19,25H,3H2,1-2H3,(H,27,28). The minimum Gasteiger partial charge on any atom is -0.478 e. The van der Waals surface area contributed by atoms with Gasteiger partial charge in [-0.05, 0) is 71.2 Å². The zero-order valence-electron chi connectivity index (χ0n) is 15.3. The van der Waals surface area contributed by atoms with E-state index < -0.39 is 12.0 Å². The van der Waals surface area contributed by atoms with Gasteiger partial charge in [0.25, 0.3) is 0 Å². The Balaban J connectivity index is 2.21. The van der Waals surface area contributed by atoms with Crippen molar-refractivity contribution in [1.29, 1.82) is 0 Å². The van der Waals surface area contributed by atoms with Gasteiger partial charge in [0.15, 0.2) is 0 Å². The predicted octanol–water partition coefficient (Wildman–Crippen LogP) is 6.79. The fraction of sp³-hybridized carbons (Fsp3) is 0.190. The summed E-state index contributed by atoms with van der Waals surface area (Å²) in [6.45, 7) is 4.57. The fourth-order valence-corrected chi connectivity index (χ4v) is 4.17. The van der Waals surface area contributed by atoms with Crippen molar-refractivity contribution in [1.82, 2.24) is 4.57 Å². The van der Waals surface area contributed by atoms with Gasteiger partial charge in [0.2, 0.25) is 0 Å². The van der Waals surface area contributed by atoms with E-state index in [1.807, 2.05) is 48.7 Å². The van der Waals surface area contributed by atoms with Gasteiger partial charge < -0.3 is 15.0 Å². The van der Waals surface area contributed by atoms with Gasteiger partial charge in [0.05, 0.1) is 21.9 Å². The number of nitrogens with one attached hydrogen (secondary N) is 1.